The van der Waals surface area contributed by atoms with Crippen LogP contribution in [0.3, 0.4) is 0 Å². The van der Waals surface area contributed by atoms with E-state index in [0.29, 0.717) is 26.2 Å². The van der Waals surface area contributed by atoms with E-state index in [4.69, 9.17) is 0 Å². The summed E-state index contributed by atoms with van der Waals surface area (Å²) in [6.45, 7) is 4.89. The molecule has 1 fully saturated rings. The number of likely N-dealkylation sites (N-methyl/N-ethyl adjacent to an activating group) is 1. The van der Waals surface area contributed by atoms with E-state index in [9.17, 15) is 21.6 Å². The molecule has 0 radical (unpaired) electrons. The summed E-state index contributed by atoms with van der Waals surface area (Å²) in [5.74, 6) is -0.442. The van der Waals surface area contributed by atoms with Crippen molar-refractivity contribution in [2.75, 3.05) is 32.7 Å². The van der Waals surface area contributed by atoms with Gasteiger partial charge in [-0.1, -0.05) is 6.92 Å². The fraction of sp³-hybridized carbons (Fsp3) is 0.538. The average Bonchev–Trinajstić information content (AvgIpc) is 2.46. The van der Waals surface area contributed by atoms with Crippen molar-refractivity contribution >= 4 is 10.0 Å². The number of ether oxygens (including phenoxy) is 1. The molecule has 5 nitrogen and oxygen atoms in total. The van der Waals surface area contributed by atoms with Gasteiger partial charge in [0.25, 0.3) is 0 Å². The molecule has 1 aromatic carbocycles. The van der Waals surface area contributed by atoms with Gasteiger partial charge in [0.05, 0.1) is 4.90 Å². The van der Waals surface area contributed by atoms with Gasteiger partial charge in [0.1, 0.15) is 5.75 Å². The first kappa shape index (κ1) is 17.0. The second-order valence-corrected chi connectivity index (χ2v) is 6.80. The summed E-state index contributed by atoms with van der Waals surface area (Å²) in [6, 6.07) is 4.26. The van der Waals surface area contributed by atoms with Gasteiger partial charge in [0.15, 0.2) is 0 Å². The number of nitrogens with zero attached hydrogens (tertiary/aromatic N) is 2. The van der Waals surface area contributed by atoms with Crippen molar-refractivity contribution in [1.29, 1.82) is 0 Å². The minimum atomic E-state index is -4.79. The Morgan fingerprint density at radius 3 is 2.09 bits per heavy atom. The number of sulfonamides is 1. The summed E-state index contributed by atoms with van der Waals surface area (Å²) in [6.07, 6.45) is -4.79. The standard InChI is InChI=1S/C13H17F3N2O3S/c1-2-17-7-9-18(10-8-17)22(19,20)12-5-3-11(4-6-12)21-13(14,15)16/h3-6H,2,7-10H2,1H3. The van der Waals surface area contributed by atoms with Gasteiger partial charge in [-0.15, -0.1) is 13.2 Å². The first-order valence-electron chi connectivity index (χ1n) is 6.80. The molecule has 0 aliphatic carbocycles. The molecule has 0 N–H and O–H groups in total. The summed E-state index contributed by atoms with van der Waals surface area (Å²) in [5.41, 5.74) is 0. The van der Waals surface area contributed by atoms with Crippen LogP contribution in [0.2, 0.25) is 0 Å². The SMILES string of the molecule is CCN1CCN(S(=O)(=O)c2ccc(OC(F)(F)F)cc2)CC1. The van der Waals surface area contributed by atoms with Crippen molar-refractivity contribution in [3.05, 3.63) is 24.3 Å². The molecule has 1 aromatic rings. The van der Waals surface area contributed by atoms with Gasteiger partial charge < -0.3 is 9.64 Å². The maximum Gasteiger partial charge on any atom is 0.573 e. The van der Waals surface area contributed by atoms with Crippen LogP contribution in [-0.2, 0) is 10.0 Å². The predicted molar refractivity (Wildman–Crippen MR) is 74.0 cm³/mol. The second-order valence-electron chi connectivity index (χ2n) is 4.86. The number of alkyl halides is 3. The minimum absolute atomic E-state index is 0.0352. The molecule has 1 saturated heterocycles. The van der Waals surface area contributed by atoms with E-state index in [2.05, 4.69) is 9.64 Å². The molecule has 0 atom stereocenters. The molecule has 1 aliphatic rings. The number of halogens is 3. The fourth-order valence-corrected chi connectivity index (χ4v) is 3.67. The molecule has 9 heteroatoms. The lowest BCUT2D eigenvalue weighted by Gasteiger charge is -2.33. The van der Waals surface area contributed by atoms with Crippen molar-refractivity contribution in [2.24, 2.45) is 0 Å². The molecule has 2 rings (SSSR count). The Morgan fingerprint density at radius 2 is 1.64 bits per heavy atom. The van der Waals surface area contributed by atoms with E-state index in [1.807, 2.05) is 6.92 Å². The molecule has 0 unspecified atom stereocenters. The lowest BCUT2D eigenvalue weighted by atomic mass is 10.3. The van der Waals surface area contributed by atoms with Gasteiger partial charge in [-0.2, -0.15) is 4.31 Å². The number of rotatable bonds is 4. The second kappa shape index (κ2) is 6.43. The number of hydrogen-bond acceptors (Lipinski definition) is 4. The Morgan fingerprint density at radius 1 is 1.09 bits per heavy atom. The average molecular weight is 338 g/mol. The highest BCUT2D eigenvalue weighted by atomic mass is 32.2. The topological polar surface area (TPSA) is 49.9 Å². The van der Waals surface area contributed by atoms with Crippen molar-refractivity contribution in [3.63, 3.8) is 0 Å². The molecule has 124 valence electrons. The van der Waals surface area contributed by atoms with Crippen molar-refractivity contribution in [2.45, 2.75) is 18.2 Å². The highest BCUT2D eigenvalue weighted by Gasteiger charge is 2.32. The normalized spacial score (nSPS) is 18.4. The monoisotopic (exact) mass is 338 g/mol. The molecule has 1 heterocycles. The Balaban J connectivity index is 2.10. The molecule has 0 spiro atoms. The first-order chi connectivity index (χ1) is 10.2. The van der Waals surface area contributed by atoms with Crippen LogP contribution in [0.15, 0.2) is 29.2 Å². The fourth-order valence-electron chi connectivity index (χ4n) is 2.25. The highest BCUT2D eigenvalue weighted by molar-refractivity contribution is 7.89. The van der Waals surface area contributed by atoms with Gasteiger partial charge in [0.2, 0.25) is 10.0 Å². The molecular formula is C13H17F3N2O3S. The maximum atomic E-state index is 12.4. The molecule has 1 aliphatic heterocycles. The Labute approximate surface area is 127 Å². The summed E-state index contributed by atoms with van der Waals surface area (Å²) in [5, 5.41) is 0. The van der Waals surface area contributed by atoms with E-state index >= 15 is 0 Å². The van der Waals surface area contributed by atoms with Gasteiger partial charge >= 0.3 is 6.36 Å². The summed E-state index contributed by atoms with van der Waals surface area (Å²) >= 11 is 0. The van der Waals surface area contributed by atoms with Crippen LogP contribution in [0.5, 0.6) is 5.75 Å². The number of hydrogen-bond donors (Lipinski definition) is 0. The van der Waals surface area contributed by atoms with Gasteiger partial charge in [-0.25, -0.2) is 8.42 Å². The lowest BCUT2D eigenvalue weighted by Crippen LogP contribution is -2.48. The zero-order valence-electron chi connectivity index (χ0n) is 12.0. The van der Waals surface area contributed by atoms with Crippen molar-refractivity contribution in [3.8, 4) is 5.75 Å². The minimum Gasteiger partial charge on any atom is -0.406 e. The molecule has 0 aromatic heterocycles. The highest BCUT2D eigenvalue weighted by Crippen LogP contribution is 2.25. The first-order valence-corrected chi connectivity index (χ1v) is 8.24. The van der Waals surface area contributed by atoms with Crippen LogP contribution in [0.25, 0.3) is 0 Å². The van der Waals surface area contributed by atoms with E-state index in [1.54, 1.807) is 0 Å². The van der Waals surface area contributed by atoms with Gasteiger partial charge in [-0.05, 0) is 30.8 Å². The lowest BCUT2D eigenvalue weighted by molar-refractivity contribution is -0.274. The molecule has 0 amide bonds. The van der Waals surface area contributed by atoms with Gasteiger partial charge in [0, 0.05) is 26.2 Å². The van der Waals surface area contributed by atoms with Crippen LogP contribution in [-0.4, -0.2) is 56.7 Å². The third-order valence-electron chi connectivity index (χ3n) is 3.47. The largest absolute Gasteiger partial charge is 0.573 e. The summed E-state index contributed by atoms with van der Waals surface area (Å²) in [7, 11) is -3.68. The Hall–Kier alpha value is -1.32. The molecule has 0 saturated carbocycles. The van der Waals surface area contributed by atoms with Crippen LogP contribution in [0.1, 0.15) is 6.92 Å². The predicted octanol–water partition coefficient (Wildman–Crippen LogP) is 1.91. The van der Waals surface area contributed by atoms with Crippen molar-refractivity contribution < 1.29 is 26.3 Å². The summed E-state index contributed by atoms with van der Waals surface area (Å²) < 4.78 is 66.2. The zero-order chi connectivity index (χ0) is 16.4. The van der Waals surface area contributed by atoms with Crippen LogP contribution >= 0.6 is 0 Å². The third-order valence-corrected chi connectivity index (χ3v) is 5.39. The van der Waals surface area contributed by atoms with Gasteiger partial charge in [-0.3, -0.25) is 0 Å². The zero-order valence-corrected chi connectivity index (χ0v) is 12.8. The molecular weight excluding hydrogens is 321 g/mol. The summed E-state index contributed by atoms with van der Waals surface area (Å²) in [4.78, 5) is 2.10. The van der Waals surface area contributed by atoms with Crippen LogP contribution < -0.4 is 4.74 Å². The van der Waals surface area contributed by atoms with E-state index in [1.165, 1.54) is 4.31 Å². The number of piperazine rings is 1. The molecule has 22 heavy (non-hydrogen) atoms. The Kier molecular flexibility index (Phi) is 4.98. The van der Waals surface area contributed by atoms with E-state index in [-0.39, 0.29) is 4.90 Å². The van der Waals surface area contributed by atoms with Crippen LogP contribution in [0, 0.1) is 0 Å². The third kappa shape index (κ3) is 4.11. The smallest absolute Gasteiger partial charge is 0.406 e. The quantitative estimate of drug-likeness (QED) is 0.842. The number of benzene rings is 1. The van der Waals surface area contributed by atoms with E-state index < -0.39 is 22.1 Å². The van der Waals surface area contributed by atoms with E-state index in [0.717, 1.165) is 30.8 Å². The van der Waals surface area contributed by atoms with Crippen LogP contribution in [0.4, 0.5) is 13.2 Å². The Bertz CT molecular complexity index is 594. The molecule has 0 bridgehead atoms. The maximum absolute atomic E-state index is 12.4. The van der Waals surface area contributed by atoms with Crippen molar-refractivity contribution in [1.82, 2.24) is 9.21 Å².